The summed E-state index contributed by atoms with van der Waals surface area (Å²) in [6.07, 6.45) is 0.756. The van der Waals surface area contributed by atoms with Gasteiger partial charge in [-0.25, -0.2) is 13.1 Å². The lowest BCUT2D eigenvalue weighted by molar-refractivity contribution is 0.271. The van der Waals surface area contributed by atoms with Gasteiger partial charge in [0.25, 0.3) is 0 Å². The second kappa shape index (κ2) is 6.88. The molecule has 2 N–H and O–H groups in total. The molecule has 1 rings (SSSR count). The summed E-state index contributed by atoms with van der Waals surface area (Å²) in [5.41, 5.74) is 0. The zero-order chi connectivity index (χ0) is 14.5. The van der Waals surface area contributed by atoms with Gasteiger partial charge in [-0.15, -0.1) is 0 Å². The lowest BCUT2D eigenvalue weighted by Gasteiger charge is -2.20. The van der Waals surface area contributed by atoms with E-state index in [4.69, 9.17) is 5.11 Å². The van der Waals surface area contributed by atoms with Crippen LogP contribution in [0.3, 0.4) is 0 Å². The first-order chi connectivity index (χ1) is 8.83. The molecule has 0 amide bonds. The van der Waals surface area contributed by atoms with E-state index in [1.807, 2.05) is 7.05 Å². The van der Waals surface area contributed by atoms with Crippen molar-refractivity contribution in [2.24, 2.45) is 0 Å². The Balaban J connectivity index is 2.46. The molecule has 0 aliphatic carbocycles. The van der Waals surface area contributed by atoms with Crippen molar-refractivity contribution in [3.8, 4) is 5.75 Å². The van der Waals surface area contributed by atoms with E-state index in [-0.39, 0.29) is 10.6 Å². The minimum absolute atomic E-state index is 0.0532. The number of hydrogen-bond acceptors (Lipinski definition) is 4. The molecule has 0 aromatic heterocycles. The number of phenolic OH excluding ortho intramolecular Hbond substituents is 1. The molecule has 0 spiro atoms. The average molecular weight is 286 g/mol. The summed E-state index contributed by atoms with van der Waals surface area (Å²) in [5.74, 6) is 0.0532. The minimum atomic E-state index is -3.47. The smallest absolute Gasteiger partial charge is 0.240 e. The topological polar surface area (TPSA) is 69.6 Å². The van der Waals surface area contributed by atoms with Crippen LogP contribution in [0.5, 0.6) is 5.75 Å². The monoisotopic (exact) mass is 286 g/mol. The third kappa shape index (κ3) is 5.18. The number of hydrogen-bond donors (Lipinski definition) is 2. The van der Waals surface area contributed by atoms with Crippen molar-refractivity contribution in [2.75, 3.05) is 20.1 Å². The lowest BCUT2D eigenvalue weighted by Crippen LogP contribution is -2.31. The van der Waals surface area contributed by atoms with E-state index >= 15 is 0 Å². The number of benzene rings is 1. The third-order valence-electron chi connectivity index (χ3n) is 3.01. The first-order valence-corrected chi connectivity index (χ1v) is 7.80. The fourth-order valence-electron chi connectivity index (χ4n) is 1.50. The van der Waals surface area contributed by atoms with E-state index in [0.29, 0.717) is 12.6 Å². The summed E-state index contributed by atoms with van der Waals surface area (Å²) in [6, 6.07) is 5.95. The van der Waals surface area contributed by atoms with Crippen molar-refractivity contribution in [3.63, 3.8) is 0 Å². The van der Waals surface area contributed by atoms with Crippen molar-refractivity contribution < 1.29 is 13.5 Å². The van der Waals surface area contributed by atoms with Crippen molar-refractivity contribution >= 4 is 10.0 Å². The Morgan fingerprint density at radius 2 is 1.84 bits per heavy atom. The second-order valence-corrected chi connectivity index (χ2v) is 6.59. The predicted molar refractivity (Wildman–Crippen MR) is 75.7 cm³/mol. The van der Waals surface area contributed by atoms with Crippen LogP contribution in [-0.2, 0) is 10.0 Å². The summed E-state index contributed by atoms with van der Waals surface area (Å²) in [4.78, 5) is 2.33. The Labute approximate surface area is 115 Å². The van der Waals surface area contributed by atoms with Crippen molar-refractivity contribution in [1.82, 2.24) is 9.62 Å². The van der Waals surface area contributed by atoms with E-state index in [1.54, 1.807) is 0 Å². The highest BCUT2D eigenvalue weighted by Crippen LogP contribution is 2.13. The molecule has 1 aromatic rings. The van der Waals surface area contributed by atoms with Gasteiger partial charge in [0.15, 0.2) is 0 Å². The first kappa shape index (κ1) is 15.9. The SMILES string of the molecule is CC(C)N(C)CCCNS(=O)(=O)c1ccc(O)cc1. The molecule has 108 valence electrons. The van der Waals surface area contributed by atoms with Crippen LogP contribution in [0, 0.1) is 0 Å². The predicted octanol–water partition coefficient (Wildman–Crippen LogP) is 1.40. The Morgan fingerprint density at radius 1 is 1.26 bits per heavy atom. The molecule has 0 heterocycles. The molecule has 19 heavy (non-hydrogen) atoms. The Morgan fingerprint density at radius 3 is 2.37 bits per heavy atom. The fourth-order valence-corrected chi connectivity index (χ4v) is 2.58. The Bertz CT molecular complexity index is 483. The second-order valence-electron chi connectivity index (χ2n) is 4.82. The highest BCUT2D eigenvalue weighted by Gasteiger charge is 2.13. The molecular formula is C13H22N2O3S. The van der Waals surface area contributed by atoms with Crippen LogP contribution in [0.2, 0.25) is 0 Å². The molecule has 6 heteroatoms. The standard InChI is InChI=1S/C13H22N2O3S/c1-11(2)15(3)10-4-9-14-19(17,18)13-7-5-12(16)6-8-13/h5-8,11,14,16H,4,9-10H2,1-3H3. The van der Waals surface area contributed by atoms with Crippen LogP contribution in [0.4, 0.5) is 0 Å². The quantitative estimate of drug-likeness (QED) is 0.743. The molecule has 0 saturated heterocycles. The van der Waals surface area contributed by atoms with E-state index in [2.05, 4.69) is 23.5 Å². The molecule has 0 aliphatic heterocycles. The number of nitrogens with zero attached hydrogens (tertiary/aromatic N) is 1. The highest BCUT2D eigenvalue weighted by atomic mass is 32.2. The molecular weight excluding hydrogens is 264 g/mol. The maximum atomic E-state index is 11.9. The molecule has 0 unspecified atom stereocenters. The van der Waals surface area contributed by atoms with Gasteiger partial charge in [0.1, 0.15) is 5.75 Å². The van der Waals surface area contributed by atoms with Crippen LogP contribution in [-0.4, -0.2) is 44.6 Å². The number of nitrogens with one attached hydrogen (secondary N) is 1. The largest absolute Gasteiger partial charge is 0.508 e. The number of sulfonamides is 1. The molecule has 0 fully saturated rings. The van der Waals surface area contributed by atoms with Gasteiger partial charge in [-0.2, -0.15) is 0 Å². The van der Waals surface area contributed by atoms with Crippen molar-refractivity contribution in [3.05, 3.63) is 24.3 Å². The van der Waals surface area contributed by atoms with Gasteiger partial charge in [-0.05, 0) is 58.1 Å². The Hall–Kier alpha value is -1.11. The van der Waals surface area contributed by atoms with Gasteiger partial charge < -0.3 is 10.0 Å². The van der Waals surface area contributed by atoms with E-state index in [1.165, 1.54) is 24.3 Å². The fraction of sp³-hybridized carbons (Fsp3) is 0.538. The van der Waals surface area contributed by atoms with Crippen LogP contribution in [0.1, 0.15) is 20.3 Å². The molecule has 0 atom stereocenters. The molecule has 0 aliphatic rings. The normalized spacial score (nSPS) is 12.3. The van der Waals surface area contributed by atoms with Gasteiger partial charge in [-0.3, -0.25) is 0 Å². The van der Waals surface area contributed by atoms with Gasteiger partial charge >= 0.3 is 0 Å². The molecule has 1 aromatic carbocycles. The van der Waals surface area contributed by atoms with Gasteiger partial charge in [0.2, 0.25) is 10.0 Å². The summed E-state index contributed by atoms with van der Waals surface area (Å²) in [7, 11) is -1.46. The highest BCUT2D eigenvalue weighted by molar-refractivity contribution is 7.89. The zero-order valence-corrected chi connectivity index (χ0v) is 12.4. The average Bonchev–Trinajstić information content (AvgIpc) is 2.34. The number of rotatable bonds is 7. The molecule has 5 nitrogen and oxygen atoms in total. The first-order valence-electron chi connectivity index (χ1n) is 6.32. The van der Waals surface area contributed by atoms with Gasteiger partial charge in [-0.1, -0.05) is 0 Å². The molecule has 0 radical (unpaired) electrons. The summed E-state index contributed by atoms with van der Waals surface area (Å²) < 4.78 is 26.4. The minimum Gasteiger partial charge on any atom is -0.508 e. The summed E-state index contributed by atoms with van der Waals surface area (Å²) >= 11 is 0. The van der Waals surface area contributed by atoms with Crippen LogP contribution < -0.4 is 4.72 Å². The van der Waals surface area contributed by atoms with Crippen molar-refractivity contribution in [1.29, 1.82) is 0 Å². The number of aromatic hydroxyl groups is 1. The van der Waals surface area contributed by atoms with Gasteiger partial charge in [0, 0.05) is 12.6 Å². The number of phenols is 1. The molecule has 0 bridgehead atoms. The van der Waals surface area contributed by atoms with E-state index < -0.39 is 10.0 Å². The van der Waals surface area contributed by atoms with E-state index in [9.17, 15) is 8.42 Å². The summed E-state index contributed by atoms with van der Waals surface area (Å²) in [5, 5.41) is 9.13. The summed E-state index contributed by atoms with van der Waals surface area (Å²) in [6.45, 7) is 5.44. The van der Waals surface area contributed by atoms with Crippen LogP contribution in [0.25, 0.3) is 0 Å². The van der Waals surface area contributed by atoms with Crippen LogP contribution in [0.15, 0.2) is 29.2 Å². The Kier molecular flexibility index (Phi) is 5.78. The maximum absolute atomic E-state index is 11.9. The lowest BCUT2D eigenvalue weighted by atomic mass is 10.3. The molecule has 0 saturated carbocycles. The third-order valence-corrected chi connectivity index (χ3v) is 4.49. The van der Waals surface area contributed by atoms with Crippen LogP contribution >= 0.6 is 0 Å². The van der Waals surface area contributed by atoms with Crippen molar-refractivity contribution in [2.45, 2.75) is 31.2 Å². The van der Waals surface area contributed by atoms with E-state index in [0.717, 1.165) is 13.0 Å². The maximum Gasteiger partial charge on any atom is 0.240 e. The van der Waals surface area contributed by atoms with Gasteiger partial charge in [0.05, 0.1) is 4.90 Å². The zero-order valence-electron chi connectivity index (χ0n) is 11.6.